The van der Waals surface area contributed by atoms with Gasteiger partial charge in [-0.2, -0.15) is 0 Å². The maximum Gasteiger partial charge on any atom is 0.217 e. The first-order chi connectivity index (χ1) is 11.2. The Morgan fingerprint density at radius 3 is 3.04 bits per heavy atom. The number of aromatic nitrogens is 4. The number of nitrogens with zero attached hydrogens (tertiary/aromatic N) is 5. The molecule has 0 N–H and O–H groups in total. The molecule has 23 heavy (non-hydrogen) atoms. The lowest BCUT2D eigenvalue weighted by Crippen LogP contribution is -2.25. The molecule has 0 spiro atoms. The monoisotopic (exact) mass is 325 g/mol. The van der Waals surface area contributed by atoms with Crippen LogP contribution in [0, 0.1) is 6.92 Å². The summed E-state index contributed by atoms with van der Waals surface area (Å²) in [5, 5.41) is 5.69. The van der Waals surface area contributed by atoms with Crippen LogP contribution in [0.3, 0.4) is 0 Å². The predicted octanol–water partition coefficient (Wildman–Crippen LogP) is 2.90. The molecule has 0 radical (unpaired) electrons. The van der Waals surface area contributed by atoms with Crippen LogP contribution < -0.4 is 0 Å². The smallest absolute Gasteiger partial charge is 0.217 e. The van der Waals surface area contributed by atoms with Crippen molar-refractivity contribution in [2.24, 2.45) is 0 Å². The summed E-state index contributed by atoms with van der Waals surface area (Å²) >= 11 is 1.77. The average Bonchev–Trinajstić information content (AvgIpc) is 3.20. The molecule has 0 saturated heterocycles. The molecule has 0 unspecified atom stereocenters. The van der Waals surface area contributed by atoms with Crippen LogP contribution >= 0.6 is 11.3 Å². The van der Waals surface area contributed by atoms with Gasteiger partial charge in [0.25, 0.3) is 0 Å². The maximum atomic E-state index is 5.66. The van der Waals surface area contributed by atoms with Gasteiger partial charge in [-0.3, -0.25) is 0 Å². The van der Waals surface area contributed by atoms with Gasteiger partial charge in [0.1, 0.15) is 16.9 Å². The molecule has 4 aromatic heterocycles. The Morgan fingerprint density at radius 1 is 1.30 bits per heavy atom. The van der Waals surface area contributed by atoms with Crippen LogP contribution in [0.15, 0.2) is 22.9 Å². The topological polar surface area (TPSA) is 59.5 Å². The highest BCUT2D eigenvalue weighted by Gasteiger charge is 2.23. The average molecular weight is 325 g/mol. The van der Waals surface area contributed by atoms with Crippen molar-refractivity contribution in [3.63, 3.8) is 0 Å². The first kappa shape index (κ1) is 13.2. The van der Waals surface area contributed by atoms with E-state index in [4.69, 9.17) is 9.40 Å². The SMILES string of the molecule is Cc1ccc(-c2nc3c4c5c(sc4ncn3n2)CN(C)CC5)o1. The van der Waals surface area contributed by atoms with Gasteiger partial charge in [0.05, 0.1) is 5.39 Å². The molecule has 0 amide bonds. The van der Waals surface area contributed by atoms with Crippen molar-refractivity contribution < 1.29 is 4.42 Å². The van der Waals surface area contributed by atoms with E-state index >= 15 is 0 Å². The summed E-state index contributed by atoms with van der Waals surface area (Å²) in [6.07, 6.45) is 2.78. The van der Waals surface area contributed by atoms with Crippen molar-refractivity contribution in [2.45, 2.75) is 19.9 Å². The first-order valence-electron chi connectivity index (χ1n) is 7.60. The summed E-state index contributed by atoms with van der Waals surface area (Å²) in [5.74, 6) is 2.17. The third-order valence-electron chi connectivity index (χ3n) is 4.33. The minimum Gasteiger partial charge on any atom is -0.458 e. The number of fused-ring (bicyclic) bond motifs is 5. The number of aryl methyl sites for hydroxylation is 1. The van der Waals surface area contributed by atoms with Crippen LogP contribution in [-0.2, 0) is 13.0 Å². The summed E-state index contributed by atoms with van der Waals surface area (Å²) in [7, 11) is 2.16. The van der Waals surface area contributed by atoms with Gasteiger partial charge >= 0.3 is 0 Å². The van der Waals surface area contributed by atoms with Crippen molar-refractivity contribution in [3.8, 4) is 11.6 Å². The lowest BCUT2D eigenvalue weighted by Gasteiger charge is -2.21. The molecular weight excluding hydrogens is 310 g/mol. The molecule has 4 aromatic rings. The van der Waals surface area contributed by atoms with E-state index in [9.17, 15) is 0 Å². The van der Waals surface area contributed by atoms with Gasteiger partial charge in [-0.05, 0) is 38.1 Å². The fourth-order valence-corrected chi connectivity index (χ4v) is 4.44. The minimum atomic E-state index is 0.611. The van der Waals surface area contributed by atoms with E-state index in [1.165, 1.54) is 10.4 Å². The van der Waals surface area contributed by atoms with Gasteiger partial charge in [0.2, 0.25) is 5.82 Å². The van der Waals surface area contributed by atoms with E-state index in [0.29, 0.717) is 11.6 Å². The Labute approximate surface area is 136 Å². The molecule has 0 aliphatic carbocycles. The third kappa shape index (κ3) is 1.93. The molecule has 1 aliphatic heterocycles. The second-order valence-electron chi connectivity index (χ2n) is 6.03. The van der Waals surface area contributed by atoms with E-state index in [0.717, 1.165) is 41.1 Å². The number of rotatable bonds is 1. The van der Waals surface area contributed by atoms with Crippen LogP contribution in [0.4, 0.5) is 0 Å². The quantitative estimate of drug-likeness (QED) is 0.538. The number of likely N-dealkylation sites (N-methyl/N-ethyl adjacent to an activating group) is 1. The van der Waals surface area contributed by atoms with E-state index in [1.54, 1.807) is 22.2 Å². The highest BCUT2D eigenvalue weighted by Crippen LogP contribution is 2.36. The van der Waals surface area contributed by atoms with Crippen molar-refractivity contribution in [1.29, 1.82) is 0 Å². The Balaban J connectivity index is 1.77. The molecule has 0 atom stereocenters. The molecule has 7 heteroatoms. The number of thiophene rings is 1. The Kier molecular flexibility index (Phi) is 2.66. The minimum absolute atomic E-state index is 0.611. The first-order valence-corrected chi connectivity index (χ1v) is 8.41. The van der Waals surface area contributed by atoms with Crippen LogP contribution in [0.2, 0.25) is 0 Å². The van der Waals surface area contributed by atoms with Crippen molar-refractivity contribution in [1.82, 2.24) is 24.5 Å². The summed E-state index contributed by atoms with van der Waals surface area (Å²) in [6.45, 7) is 3.98. The lowest BCUT2D eigenvalue weighted by molar-refractivity contribution is 0.318. The van der Waals surface area contributed by atoms with Gasteiger partial charge < -0.3 is 9.32 Å². The molecule has 5 heterocycles. The molecule has 0 aromatic carbocycles. The largest absolute Gasteiger partial charge is 0.458 e. The van der Waals surface area contributed by atoms with Gasteiger partial charge in [0, 0.05) is 18.0 Å². The zero-order chi connectivity index (χ0) is 15.6. The summed E-state index contributed by atoms with van der Waals surface area (Å²) in [4.78, 5) is 14.1. The van der Waals surface area contributed by atoms with Crippen molar-refractivity contribution in [2.75, 3.05) is 13.6 Å². The van der Waals surface area contributed by atoms with E-state index in [2.05, 4.69) is 22.0 Å². The predicted molar refractivity (Wildman–Crippen MR) is 88.6 cm³/mol. The van der Waals surface area contributed by atoms with Gasteiger partial charge in [-0.1, -0.05) is 0 Å². The van der Waals surface area contributed by atoms with Crippen LogP contribution in [0.1, 0.15) is 16.2 Å². The van der Waals surface area contributed by atoms with Crippen LogP contribution in [-0.4, -0.2) is 38.1 Å². The number of hydrogen-bond donors (Lipinski definition) is 0. The second-order valence-corrected chi connectivity index (χ2v) is 7.11. The lowest BCUT2D eigenvalue weighted by atomic mass is 10.1. The third-order valence-corrected chi connectivity index (χ3v) is 5.45. The summed E-state index contributed by atoms with van der Waals surface area (Å²) < 4.78 is 7.42. The van der Waals surface area contributed by atoms with Crippen molar-refractivity contribution in [3.05, 3.63) is 34.7 Å². The normalized spacial score (nSPS) is 15.6. The zero-order valence-corrected chi connectivity index (χ0v) is 13.7. The number of hydrogen-bond acceptors (Lipinski definition) is 6. The Hall–Kier alpha value is -2.25. The zero-order valence-electron chi connectivity index (χ0n) is 12.9. The molecule has 0 bridgehead atoms. The molecule has 0 fully saturated rings. The molecular formula is C16H15N5OS. The molecule has 1 aliphatic rings. The second kappa shape index (κ2) is 4.62. The van der Waals surface area contributed by atoms with Gasteiger partial charge in [-0.15, -0.1) is 16.4 Å². The highest BCUT2D eigenvalue weighted by atomic mass is 32.1. The summed E-state index contributed by atoms with van der Waals surface area (Å²) in [5.41, 5.74) is 2.26. The van der Waals surface area contributed by atoms with E-state index in [-0.39, 0.29) is 0 Å². The molecule has 116 valence electrons. The van der Waals surface area contributed by atoms with Crippen molar-refractivity contribution >= 4 is 27.2 Å². The van der Waals surface area contributed by atoms with E-state index < -0.39 is 0 Å². The summed E-state index contributed by atoms with van der Waals surface area (Å²) in [6, 6.07) is 3.84. The van der Waals surface area contributed by atoms with Crippen LogP contribution in [0.5, 0.6) is 0 Å². The molecule has 0 saturated carbocycles. The van der Waals surface area contributed by atoms with E-state index in [1.807, 2.05) is 19.1 Å². The molecule has 5 rings (SSSR count). The van der Waals surface area contributed by atoms with Crippen LogP contribution in [0.25, 0.3) is 27.4 Å². The highest BCUT2D eigenvalue weighted by molar-refractivity contribution is 7.19. The maximum absolute atomic E-state index is 5.66. The van der Waals surface area contributed by atoms with Gasteiger partial charge in [0.15, 0.2) is 11.4 Å². The number of furan rings is 1. The Morgan fingerprint density at radius 2 is 2.22 bits per heavy atom. The molecule has 6 nitrogen and oxygen atoms in total. The standard InChI is InChI=1S/C16H15N5OS/c1-9-3-4-11(22-9)14-18-15-13-10-5-6-20(2)7-12(10)23-16(13)17-8-21(15)19-14/h3-4,8H,5-7H2,1-2H3. The Bertz CT molecular complexity index is 1040. The fraction of sp³-hybridized carbons (Fsp3) is 0.312. The van der Waals surface area contributed by atoms with Gasteiger partial charge in [-0.25, -0.2) is 14.5 Å². The fourth-order valence-electron chi connectivity index (χ4n) is 3.18.